The molecule has 13 unspecified atom stereocenters. The number of hydrogen-bond donors (Lipinski definition) is 18. The van der Waals surface area contributed by atoms with Gasteiger partial charge in [-0.25, -0.2) is 4.42 Å². The molecule has 4 aromatic carbocycles. The average Bonchev–Trinajstić information content (AvgIpc) is 3.27. The second kappa shape index (κ2) is 17.3. The smallest absolute Gasteiger partial charge is 0.402 e. The topological polar surface area (TPSA) is 422 Å². The number of rotatable bonds is 9. The molecule has 18 N–H and O–H groups in total. The third-order valence-corrected chi connectivity index (χ3v) is 11.6. The van der Waals surface area contributed by atoms with Gasteiger partial charge in [-0.1, -0.05) is 0 Å². The molecule has 0 saturated carbocycles. The van der Waals surface area contributed by atoms with E-state index in [0.29, 0.717) is 0 Å². The molecule has 0 bridgehead atoms. The number of fused-ring (bicyclic) bond motifs is 2. The number of aliphatic hydroxyl groups is 9. The Hall–Kier alpha value is -6.55. The van der Waals surface area contributed by atoms with E-state index in [1.54, 1.807) is 0 Å². The van der Waals surface area contributed by atoms with Crippen LogP contribution in [-0.2, 0) is 9.47 Å². The van der Waals surface area contributed by atoms with Crippen LogP contribution < -0.4 is 14.2 Å². The first-order valence-corrected chi connectivity index (χ1v) is 19.8. The lowest BCUT2D eigenvalue weighted by molar-refractivity contribution is -0.277. The van der Waals surface area contributed by atoms with Gasteiger partial charge >= 0.3 is 11.3 Å². The van der Waals surface area contributed by atoms with Crippen molar-refractivity contribution >= 4 is 11.0 Å². The van der Waals surface area contributed by atoms with E-state index in [4.69, 9.17) is 28.1 Å². The molecule has 24 heteroatoms. The summed E-state index contributed by atoms with van der Waals surface area (Å²) in [6.45, 7) is -1.79. The van der Waals surface area contributed by atoms with Crippen molar-refractivity contribution in [3.8, 4) is 80.3 Å². The molecular formula is C42H43O24+. The molecule has 66 heavy (non-hydrogen) atoms. The van der Waals surface area contributed by atoms with E-state index in [9.17, 15) is 91.9 Å². The second-order valence-electron chi connectivity index (χ2n) is 15.8. The van der Waals surface area contributed by atoms with Crippen LogP contribution in [-0.4, -0.2) is 173 Å². The molecule has 0 amide bonds. The molecule has 0 radical (unpaired) electrons. The Bertz CT molecular complexity index is 2610. The Labute approximate surface area is 368 Å². The van der Waals surface area contributed by atoms with Crippen LogP contribution in [0, 0.1) is 0 Å². The first-order chi connectivity index (χ1) is 31.2. The van der Waals surface area contributed by atoms with Crippen LogP contribution in [0.15, 0.2) is 52.9 Å². The fourth-order valence-corrected chi connectivity index (χ4v) is 8.18. The SMILES string of the molecule is OCC1OC(Oc2cc3c(OC4OC(CO)C(O)C(O)C4O)cc(O)c(C4c5c(O)cc(O)cc5OC(c5cc(O)c(O)c(O)c5)C4O)c3[o+]c2-c2cc(O)c(O)c(O)c2)C(O)C(O)C1O. The van der Waals surface area contributed by atoms with Crippen LogP contribution in [0.5, 0.6) is 69.0 Å². The normalized spacial score (nSPS) is 29.8. The number of benzene rings is 4. The molecule has 3 aliphatic heterocycles. The van der Waals surface area contributed by atoms with E-state index in [-0.39, 0.29) is 27.8 Å². The minimum Gasteiger partial charge on any atom is -0.508 e. The van der Waals surface area contributed by atoms with E-state index in [0.717, 1.165) is 48.5 Å². The van der Waals surface area contributed by atoms with Gasteiger partial charge in [-0.15, -0.1) is 0 Å². The minimum absolute atomic E-state index is 0.206. The van der Waals surface area contributed by atoms with E-state index in [1.807, 2.05) is 0 Å². The lowest BCUT2D eigenvalue weighted by Gasteiger charge is -2.40. The zero-order valence-corrected chi connectivity index (χ0v) is 33.5. The van der Waals surface area contributed by atoms with Crippen molar-refractivity contribution in [2.45, 2.75) is 79.5 Å². The van der Waals surface area contributed by atoms with Gasteiger partial charge in [0.25, 0.3) is 0 Å². The van der Waals surface area contributed by atoms with Crippen molar-refractivity contribution < 1.29 is 120 Å². The Morgan fingerprint density at radius 1 is 0.500 bits per heavy atom. The Morgan fingerprint density at radius 3 is 1.53 bits per heavy atom. The van der Waals surface area contributed by atoms with Crippen LogP contribution in [0.3, 0.4) is 0 Å². The molecule has 13 atom stereocenters. The standard InChI is InChI=1S/C42H42O24/c43-9-24-31(54)34(57)36(59)41(64-24)62-21-8-16(47)27(28-26-15(46)5-13(45)6-22(26)61-39(33(28)56)12-3-19(50)30(53)20(51)4-12)40-14(21)7-23(38(66-40)11-1-17(48)29(52)18(49)2-11)63-42-37(60)35(58)32(55)25(10-44)65-42/h1-8,24-25,28,31-37,39,41-44,54-60H,9-10H2,(H8-,45,46,47,48,49,50,51,52,53)/p+1. The second-order valence-corrected chi connectivity index (χ2v) is 15.8. The first kappa shape index (κ1) is 46.0. The van der Waals surface area contributed by atoms with E-state index in [2.05, 4.69) is 0 Å². The van der Waals surface area contributed by atoms with E-state index in [1.165, 1.54) is 0 Å². The number of hydrogen-bond acceptors (Lipinski definition) is 23. The third kappa shape index (κ3) is 7.77. The molecule has 1 aromatic heterocycles. The van der Waals surface area contributed by atoms with Crippen molar-refractivity contribution in [1.82, 2.24) is 0 Å². The van der Waals surface area contributed by atoms with E-state index >= 15 is 0 Å². The van der Waals surface area contributed by atoms with Crippen molar-refractivity contribution in [3.63, 3.8) is 0 Å². The van der Waals surface area contributed by atoms with Crippen LogP contribution in [0.25, 0.3) is 22.3 Å². The minimum atomic E-state index is -2.07. The maximum absolute atomic E-state index is 12.3. The van der Waals surface area contributed by atoms with Gasteiger partial charge < -0.3 is 116 Å². The maximum Gasteiger partial charge on any atom is 0.402 e. The molecule has 354 valence electrons. The monoisotopic (exact) mass is 931 g/mol. The highest BCUT2D eigenvalue weighted by atomic mass is 16.7. The highest BCUT2D eigenvalue weighted by Gasteiger charge is 2.50. The summed E-state index contributed by atoms with van der Waals surface area (Å²) in [4.78, 5) is 0. The Balaban J connectivity index is 1.42. The number of phenolic OH excluding ortho intramolecular Hbond substituents is 9. The summed E-state index contributed by atoms with van der Waals surface area (Å²) in [5.41, 5.74) is -1.97. The van der Waals surface area contributed by atoms with Crippen LogP contribution in [0.2, 0.25) is 0 Å². The summed E-state index contributed by atoms with van der Waals surface area (Å²) >= 11 is 0. The van der Waals surface area contributed by atoms with Gasteiger partial charge in [0.1, 0.15) is 94.6 Å². The number of ether oxygens (including phenoxy) is 5. The largest absolute Gasteiger partial charge is 0.508 e. The molecule has 0 aliphatic carbocycles. The zero-order chi connectivity index (χ0) is 47.8. The summed E-state index contributed by atoms with van der Waals surface area (Å²) in [5.74, 6) is -11.6. The predicted octanol–water partition coefficient (Wildman–Crippen LogP) is -1.28. The van der Waals surface area contributed by atoms with E-state index < -0.39 is 173 Å². The maximum atomic E-state index is 12.3. The molecule has 5 aromatic rings. The Morgan fingerprint density at radius 2 is 1.00 bits per heavy atom. The summed E-state index contributed by atoms with van der Waals surface area (Å²) in [7, 11) is 0. The number of aliphatic hydroxyl groups excluding tert-OH is 9. The molecule has 4 heterocycles. The Kier molecular flexibility index (Phi) is 12.1. The summed E-state index contributed by atoms with van der Waals surface area (Å²) in [6.07, 6.45) is -22.5. The van der Waals surface area contributed by atoms with Gasteiger partial charge in [0.05, 0.1) is 24.7 Å². The van der Waals surface area contributed by atoms with Crippen molar-refractivity contribution in [2.75, 3.05) is 13.2 Å². The fraction of sp³-hybridized carbons (Fsp3) is 0.357. The highest BCUT2D eigenvalue weighted by Crippen LogP contribution is 2.56. The predicted molar refractivity (Wildman–Crippen MR) is 214 cm³/mol. The van der Waals surface area contributed by atoms with Gasteiger partial charge in [0.2, 0.25) is 18.3 Å². The lowest BCUT2D eigenvalue weighted by atomic mass is 9.78. The molecular weight excluding hydrogens is 888 g/mol. The van der Waals surface area contributed by atoms with Gasteiger partial charge in [-0.2, -0.15) is 0 Å². The number of phenols is 9. The summed E-state index contributed by atoms with van der Waals surface area (Å²) in [5, 5.41) is 192. The molecule has 2 fully saturated rings. The molecule has 0 spiro atoms. The van der Waals surface area contributed by atoms with Crippen LogP contribution in [0.4, 0.5) is 0 Å². The van der Waals surface area contributed by atoms with Gasteiger partial charge in [0.15, 0.2) is 40.6 Å². The zero-order valence-electron chi connectivity index (χ0n) is 33.5. The van der Waals surface area contributed by atoms with Gasteiger partial charge in [-0.05, 0) is 12.1 Å². The third-order valence-electron chi connectivity index (χ3n) is 11.6. The first-order valence-electron chi connectivity index (χ1n) is 19.8. The molecule has 8 rings (SSSR count). The van der Waals surface area contributed by atoms with Gasteiger partial charge in [-0.3, -0.25) is 0 Å². The quantitative estimate of drug-likeness (QED) is 0.0604. The van der Waals surface area contributed by atoms with Crippen molar-refractivity contribution in [1.29, 1.82) is 0 Å². The molecule has 24 nitrogen and oxygen atoms in total. The number of aromatic hydroxyl groups is 9. The van der Waals surface area contributed by atoms with Crippen molar-refractivity contribution in [3.05, 3.63) is 65.2 Å². The lowest BCUT2D eigenvalue weighted by Crippen LogP contribution is -2.60. The highest BCUT2D eigenvalue weighted by molar-refractivity contribution is 5.93. The average molecular weight is 932 g/mol. The fourth-order valence-electron chi connectivity index (χ4n) is 8.18. The molecule has 2 saturated heterocycles. The van der Waals surface area contributed by atoms with Gasteiger partial charge in [0, 0.05) is 47.5 Å². The summed E-state index contributed by atoms with van der Waals surface area (Å²) in [6, 6.07) is 7.27. The van der Waals surface area contributed by atoms with Crippen LogP contribution >= 0.6 is 0 Å². The van der Waals surface area contributed by atoms with Crippen molar-refractivity contribution in [2.24, 2.45) is 0 Å². The van der Waals surface area contributed by atoms with Crippen LogP contribution in [0.1, 0.15) is 28.7 Å². The molecule has 3 aliphatic rings. The summed E-state index contributed by atoms with van der Waals surface area (Å²) < 4.78 is 35.5.